The number of unbranched alkanes of at least 4 members (excludes halogenated alkanes) is 18. The van der Waals surface area contributed by atoms with Gasteiger partial charge < -0.3 is 33.8 Å². The Kier molecular flexibility index (Phi) is 66.7. The first kappa shape index (κ1) is 92.9. The fourth-order valence-electron chi connectivity index (χ4n) is 9.15. The van der Waals surface area contributed by atoms with E-state index in [0.717, 1.165) is 173 Å². The molecule has 19 heteroatoms. The van der Waals surface area contributed by atoms with E-state index < -0.39 is 97.5 Å². The van der Waals surface area contributed by atoms with Crippen LogP contribution in [0.1, 0.15) is 272 Å². The summed E-state index contributed by atoms with van der Waals surface area (Å²) < 4.78 is 68.3. The highest BCUT2D eigenvalue weighted by Crippen LogP contribution is 2.45. The lowest BCUT2D eigenvalue weighted by Gasteiger charge is -2.21. The molecule has 0 spiro atoms. The average molecular weight is 1410 g/mol. The summed E-state index contributed by atoms with van der Waals surface area (Å²) in [5.74, 6) is -2.31. The summed E-state index contributed by atoms with van der Waals surface area (Å²) in [5.41, 5.74) is 0. The second kappa shape index (κ2) is 70.4. The third kappa shape index (κ3) is 69.4. The summed E-state index contributed by atoms with van der Waals surface area (Å²) in [6, 6.07) is 0. The Morgan fingerprint density at radius 2 is 0.561 bits per heavy atom. The van der Waals surface area contributed by atoms with Crippen molar-refractivity contribution in [3.63, 3.8) is 0 Å². The minimum absolute atomic E-state index is 0.0496. The summed E-state index contributed by atoms with van der Waals surface area (Å²) in [6.45, 7) is 4.39. The van der Waals surface area contributed by atoms with Crippen LogP contribution in [0.25, 0.3) is 0 Å². The molecule has 0 aliphatic carbocycles. The highest BCUT2D eigenvalue weighted by Gasteiger charge is 2.30. The lowest BCUT2D eigenvalue weighted by Crippen LogP contribution is -2.30. The maximum atomic E-state index is 13.1. The predicted octanol–water partition coefficient (Wildman–Crippen LogP) is 21.1. The highest BCUT2D eigenvalue weighted by molar-refractivity contribution is 7.47. The number of phosphoric ester groups is 2. The molecule has 0 aliphatic heterocycles. The van der Waals surface area contributed by atoms with Gasteiger partial charge in [0.2, 0.25) is 0 Å². The molecule has 3 N–H and O–H groups in total. The standard InChI is InChI=1S/C79H130O17P2/c1-5-9-13-17-21-25-29-32-34-36-38-41-45-48-52-56-60-64-77(82)90-70-75(96-79(84)66-62-58-54-50-46-42-39-37-35-33-30-26-22-18-14-10-6-2)72-94-98(87,88)92-68-73(80)67-91-97(85,86)93-71-74(95-78(83)65-61-57-53-49-43-28-24-20-16-12-8-4)69-89-76(81)63-59-55-51-47-44-40-31-27-23-19-15-11-7-3/h9-10,13-15,19-22,24-27,31-35,38-39,41-42,48,52,73-75,80H,5-8,11-12,16-18,23,28-30,36-37,40,43-47,49-51,53-72H2,1-4H3,(H,85,86)(H,87,88)/b13-9-,14-10-,19-15-,24-20-,25-21-,26-22-,31-27-,34-32-,35-33-,41-38-,42-39-,52-48-. The Bertz CT molecular complexity index is 2430. The molecule has 0 heterocycles. The van der Waals surface area contributed by atoms with E-state index in [9.17, 15) is 43.2 Å². The molecule has 0 amide bonds. The van der Waals surface area contributed by atoms with Crippen LogP contribution in [0, 0.1) is 0 Å². The molecule has 0 aliphatic rings. The number of phosphoric acid groups is 2. The zero-order chi connectivity index (χ0) is 71.8. The van der Waals surface area contributed by atoms with Crippen LogP contribution in [0.2, 0.25) is 0 Å². The number of rotatable bonds is 68. The smallest absolute Gasteiger partial charge is 0.462 e. The molecule has 0 saturated carbocycles. The minimum atomic E-state index is -5.00. The fourth-order valence-corrected chi connectivity index (χ4v) is 10.7. The first-order chi connectivity index (χ1) is 47.7. The molecule has 98 heavy (non-hydrogen) atoms. The number of esters is 4. The predicted molar refractivity (Wildman–Crippen MR) is 399 cm³/mol. The van der Waals surface area contributed by atoms with Gasteiger partial charge in [0.05, 0.1) is 26.4 Å². The second-order valence-corrected chi connectivity index (χ2v) is 27.0. The summed E-state index contributed by atoms with van der Waals surface area (Å²) >= 11 is 0. The van der Waals surface area contributed by atoms with E-state index in [1.165, 1.54) is 12.8 Å². The van der Waals surface area contributed by atoms with Crippen LogP contribution in [0.15, 0.2) is 146 Å². The van der Waals surface area contributed by atoms with E-state index in [1.54, 1.807) is 0 Å². The summed E-state index contributed by atoms with van der Waals surface area (Å²) in [6.07, 6.45) is 78.6. The normalized spacial score (nSPS) is 14.8. The summed E-state index contributed by atoms with van der Waals surface area (Å²) in [7, 11) is -9.98. The third-order valence-corrected chi connectivity index (χ3v) is 16.7. The van der Waals surface area contributed by atoms with Crippen molar-refractivity contribution in [2.75, 3.05) is 39.6 Å². The molecule has 0 aromatic heterocycles. The molecule has 5 unspecified atom stereocenters. The number of ether oxygens (including phenoxy) is 4. The lowest BCUT2D eigenvalue weighted by atomic mass is 10.1. The van der Waals surface area contributed by atoms with Gasteiger partial charge in [-0.15, -0.1) is 0 Å². The zero-order valence-electron chi connectivity index (χ0n) is 60.7. The van der Waals surface area contributed by atoms with Crippen LogP contribution >= 0.6 is 15.6 Å². The van der Waals surface area contributed by atoms with E-state index in [2.05, 4.69) is 161 Å². The quantitative estimate of drug-likeness (QED) is 0.0169. The Morgan fingerprint density at radius 1 is 0.296 bits per heavy atom. The molecule has 17 nitrogen and oxygen atoms in total. The molecule has 0 aromatic rings. The van der Waals surface area contributed by atoms with Gasteiger partial charge in [-0.25, -0.2) is 9.13 Å². The SMILES string of the molecule is CC/C=C\C/C=C\C/C=C\C/C=C\C/C=C\CCCC(=O)OCC(COP(=O)(O)OCC(O)COP(=O)(O)OCC(COC(=O)CCCCCCC/C=C\C/C=C\CCC)OC(=O)CCCCCCC/C=C\CCCC)OC(=O)CCCCCC/C=C\C/C=C\C/C=C\C/C=C\CC. The van der Waals surface area contributed by atoms with Gasteiger partial charge in [-0.2, -0.15) is 0 Å². The Labute approximate surface area is 592 Å². The van der Waals surface area contributed by atoms with E-state index in [4.69, 9.17) is 37.0 Å². The Morgan fingerprint density at radius 3 is 0.908 bits per heavy atom. The largest absolute Gasteiger partial charge is 0.472 e. The van der Waals surface area contributed by atoms with Crippen LogP contribution < -0.4 is 0 Å². The Balaban J connectivity index is 5.44. The van der Waals surface area contributed by atoms with Crippen LogP contribution in [0.4, 0.5) is 0 Å². The van der Waals surface area contributed by atoms with E-state index in [0.29, 0.717) is 32.1 Å². The highest BCUT2D eigenvalue weighted by atomic mass is 31.2. The number of allylic oxidation sites excluding steroid dienone is 24. The molecule has 5 atom stereocenters. The molecular weight excluding hydrogens is 1280 g/mol. The van der Waals surface area contributed by atoms with Gasteiger partial charge >= 0.3 is 39.5 Å². The van der Waals surface area contributed by atoms with Gasteiger partial charge in [-0.3, -0.25) is 37.3 Å². The third-order valence-electron chi connectivity index (χ3n) is 14.7. The molecule has 0 radical (unpaired) electrons. The molecule has 0 aromatic carbocycles. The van der Waals surface area contributed by atoms with Gasteiger partial charge in [0.1, 0.15) is 19.3 Å². The van der Waals surface area contributed by atoms with E-state index >= 15 is 0 Å². The van der Waals surface area contributed by atoms with Crippen molar-refractivity contribution in [3.05, 3.63) is 146 Å². The average Bonchev–Trinajstić information content (AvgIpc) is 0.980. The summed E-state index contributed by atoms with van der Waals surface area (Å²) in [5, 5.41) is 10.6. The van der Waals surface area contributed by atoms with Crippen molar-refractivity contribution in [2.45, 2.75) is 290 Å². The van der Waals surface area contributed by atoms with Crippen molar-refractivity contribution in [3.8, 4) is 0 Å². The molecule has 0 bridgehead atoms. The van der Waals surface area contributed by atoms with Crippen molar-refractivity contribution < 1.29 is 80.2 Å². The number of carbonyl (C=O) groups excluding carboxylic acids is 4. The van der Waals surface area contributed by atoms with Crippen LogP contribution in [-0.4, -0.2) is 96.7 Å². The summed E-state index contributed by atoms with van der Waals surface area (Å²) in [4.78, 5) is 72.7. The number of aliphatic hydroxyl groups excluding tert-OH is 1. The van der Waals surface area contributed by atoms with Crippen molar-refractivity contribution in [1.29, 1.82) is 0 Å². The topological polar surface area (TPSA) is 237 Å². The van der Waals surface area contributed by atoms with Crippen LogP contribution in [0.5, 0.6) is 0 Å². The van der Waals surface area contributed by atoms with Gasteiger partial charge in [0.15, 0.2) is 12.2 Å². The number of hydrogen-bond donors (Lipinski definition) is 3. The number of aliphatic hydroxyl groups is 1. The molecule has 0 fully saturated rings. The van der Waals surface area contributed by atoms with Gasteiger partial charge in [0.25, 0.3) is 0 Å². The maximum Gasteiger partial charge on any atom is 0.472 e. The van der Waals surface area contributed by atoms with Crippen LogP contribution in [0.3, 0.4) is 0 Å². The van der Waals surface area contributed by atoms with Crippen molar-refractivity contribution in [1.82, 2.24) is 0 Å². The second-order valence-electron chi connectivity index (χ2n) is 24.1. The Hall–Kier alpha value is -5.06. The van der Waals surface area contributed by atoms with Gasteiger partial charge in [0, 0.05) is 25.7 Å². The van der Waals surface area contributed by atoms with Crippen molar-refractivity contribution in [2.24, 2.45) is 0 Å². The lowest BCUT2D eigenvalue weighted by molar-refractivity contribution is -0.161. The number of carbonyl (C=O) groups is 4. The molecular formula is C79H130O17P2. The van der Waals surface area contributed by atoms with Gasteiger partial charge in [-0.05, 0) is 148 Å². The fraction of sp³-hybridized carbons (Fsp3) is 0.646. The first-order valence-electron chi connectivity index (χ1n) is 37.1. The minimum Gasteiger partial charge on any atom is -0.462 e. The van der Waals surface area contributed by atoms with Crippen molar-refractivity contribution >= 4 is 39.5 Å². The van der Waals surface area contributed by atoms with Crippen LogP contribution in [-0.2, 0) is 65.4 Å². The number of hydrogen-bond acceptors (Lipinski definition) is 15. The maximum absolute atomic E-state index is 13.1. The van der Waals surface area contributed by atoms with Gasteiger partial charge in [-0.1, -0.05) is 244 Å². The molecule has 0 saturated heterocycles. The molecule has 558 valence electrons. The van der Waals surface area contributed by atoms with E-state index in [1.807, 2.05) is 12.2 Å². The molecule has 0 rings (SSSR count). The zero-order valence-corrected chi connectivity index (χ0v) is 62.4. The van der Waals surface area contributed by atoms with E-state index in [-0.39, 0.29) is 25.7 Å². The first-order valence-corrected chi connectivity index (χ1v) is 40.1. The monoisotopic (exact) mass is 1410 g/mol.